The average Bonchev–Trinajstić information content (AvgIpc) is 3.13. The predicted octanol–water partition coefficient (Wildman–Crippen LogP) is 5.15. The summed E-state index contributed by atoms with van der Waals surface area (Å²) in [6.07, 6.45) is -3.31. The van der Waals surface area contributed by atoms with Gasteiger partial charge in [0.25, 0.3) is 5.91 Å². The van der Waals surface area contributed by atoms with Crippen molar-refractivity contribution in [2.75, 3.05) is 10.6 Å². The molecule has 2 unspecified atom stereocenters. The minimum Gasteiger partial charge on any atom is -0.363 e. The Morgan fingerprint density at radius 3 is 2.67 bits per heavy atom. The quantitative estimate of drug-likeness (QED) is 0.558. The second-order valence-corrected chi connectivity index (χ2v) is 7.41. The van der Waals surface area contributed by atoms with Crippen LogP contribution >= 0.6 is 11.6 Å². The number of alkyl halides is 3. The predicted molar refractivity (Wildman–Crippen MR) is 107 cm³/mol. The van der Waals surface area contributed by atoms with E-state index in [9.17, 15) is 18.0 Å². The molecule has 0 bridgehead atoms. The van der Waals surface area contributed by atoms with Gasteiger partial charge in [-0.05, 0) is 24.6 Å². The highest BCUT2D eigenvalue weighted by Gasteiger charge is 2.46. The summed E-state index contributed by atoms with van der Waals surface area (Å²) in [5.41, 5.74) is 1.83. The average molecular weight is 436 g/mol. The second kappa shape index (κ2) is 7.64. The number of hydrogen-bond donors (Lipinski definition) is 2. The summed E-state index contributed by atoms with van der Waals surface area (Å²) in [6.45, 7) is 1.91. The molecule has 30 heavy (non-hydrogen) atoms. The molecule has 0 saturated heterocycles. The molecule has 0 saturated carbocycles. The molecule has 2 aromatic heterocycles. The van der Waals surface area contributed by atoms with Gasteiger partial charge in [-0.15, -0.1) is 0 Å². The number of hydrogen-bond acceptors (Lipinski definition) is 4. The van der Waals surface area contributed by atoms with Crippen LogP contribution in [0.5, 0.6) is 0 Å². The van der Waals surface area contributed by atoms with Crippen molar-refractivity contribution in [2.24, 2.45) is 0 Å². The number of halogens is 4. The maximum atomic E-state index is 13.8. The Labute approximate surface area is 175 Å². The van der Waals surface area contributed by atoms with Gasteiger partial charge in [-0.1, -0.05) is 41.4 Å². The van der Waals surface area contributed by atoms with E-state index in [1.165, 1.54) is 18.3 Å². The van der Waals surface area contributed by atoms with E-state index < -0.39 is 24.2 Å². The first-order valence-corrected chi connectivity index (χ1v) is 9.51. The molecular formula is C20H17ClF3N5O. The van der Waals surface area contributed by atoms with Gasteiger partial charge < -0.3 is 10.6 Å². The van der Waals surface area contributed by atoms with Crippen molar-refractivity contribution in [3.8, 4) is 0 Å². The minimum absolute atomic E-state index is 0.0700. The van der Waals surface area contributed by atoms with Crippen LogP contribution in [0.25, 0.3) is 0 Å². The Balaban J connectivity index is 1.65. The van der Waals surface area contributed by atoms with E-state index in [0.29, 0.717) is 0 Å². The van der Waals surface area contributed by atoms with E-state index in [0.717, 1.165) is 15.8 Å². The molecule has 1 aromatic carbocycles. The summed E-state index contributed by atoms with van der Waals surface area (Å²) in [4.78, 5) is 16.4. The molecule has 0 fully saturated rings. The Hall–Kier alpha value is -3.07. The van der Waals surface area contributed by atoms with Crippen LogP contribution in [0.4, 0.5) is 24.7 Å². The maximum Gasteiger partial charge on any atom is 0.410 e. The second-order valence-electron chi connectivity index (χ2n) is 7.06. The third-order valence-corrected chi connectivity index (χ3v) is 5.21. The van der Waals surface area contributed by atoms with Crippen molar-refractivity contribution in [3.05, 3.63) is 70.6 Å². The number of aromatic nitrogens is 3. The molecule has 1 amide bonds. The van der Waals surface area contributed by atoms with Crippen molar-refractivity contribution in [2.45, 2.75) is 31.6 Å². The number of amides is 1. The minimum atomic E-state index is -4.52. The van der Waals surface area contributed by atoms with E-state index in [1.807, 2.05) is 19.1 Å². The van der Waals surface area contributed by atoms with Gasteiger partial charge in [-0.25, -0.2) is 9.67 Å². The topological polar surface area (TPSA) is 71.8 Å². The standard InChI is InChI=1S/C20H17ClF3N5O/c1-11-4-6-12(7-5-11)14-9-16(20(22,23)24)29-17(26-14)10-15(28-29)19(30)27-13-3-2-8-25-18(13)21/h2-8,10,14,16,26H,9H2,1H3,(H,27,30). The van der Waals surface area contributed by atoms with Gasteiger partial charge in [-0.2, -0.15) is 18.3 Å². The molecule has 2 atom stereocenters. The van der Waals surface area contributed by atoms with Crippen molar-refractivity contribution < 1.29 is 18.0 Å². The van der Waals surface area contributed by atoms with Crippen molar-refractivity contribution in [3.63, 3.8) is 0 Å². The fourth-order valence-electron chi connectivity index (χ4n) is 3.37. The summed E-state index contributed by atoms with van der Waals surface area (Å²) in [6, 6.07) is 9.28. The molecule has 156 valence electrons. The Morgan fingerprint density at radius 1 is 1.27 bits per heavy atom. The van der Waals surface area contributed by atoms with Crippen molar-refractivity contribution in [1.82, 2.24) is 14.8 Å². The number of nitrogens with zero attached hydrogens (tertiary/aromatic N) is 3. The SMILES string of the molecule is Cc1ccc(C2CC(C(F)(F)F)n3nc(C(=O)Nc4cccnc4Cl)cc3N2)cc1. The normalized spacial score (nSPS) is 18.4. The molecule has 3 heterocycles. The highest BCUT2D eigenvalue weighted by atomic mass is 35.5. The molecule has 0 aliphatic carbocycles. The van der Waals surface area contributed by atoms with Crippen molar-refractivity contribution >= 4 is 29.0 Å². The first kappa shape index (κ1) is 20.2. The fraction of sp³-hybridized carbons (Fsp3) is 0.250. The van der Waals surface area contributed by atoms with Crippen LogP contribution in [0.1, 0.15) is 40.1 Å². The third-order valence-electron chi connectivity index (χ3n) is 4.91. The lowest BCUT2D eigenvalue weighted by Gasteiger charge is -2.33. The Morgan fingerprint density at radius 2 is 2.00 bits per heavy atom. The molecular weight excluding hydrogens is 419 g/mol. The van der Waals surface area contributed by atoms with Gasteiger partial charge >= 0.3 is 6.18 Å². The number of rotatable bonds is 3. The highest BCUT2D eigenvalue weighted by Crippen LogP contribution is 2.43. The van der Waals surface area contributed by atoms with Crippen LogP contribution in [-0.4, -0.2) is 26.8 Å². The van der Waals surface area contributed by atoms with Crippen LogP contribution < -0.4 is 10.6 Å². The largest absolute Gasteiger partial charge is 0.410 e. The van der Waals surface area contributed by atoms with Crippen LogP contribution in [0.15, 0.2) is 48.7 Å². The molecule has 0 radical (unpaired) electrons. The third kappa shape index (κ3) is 3.97. The van der Waals surface area contributed by atoms with Gasteiger partial charge in [0, 0.05) is 18.7 Å². The number of carbonyl (C=O) groups excluding carboxylic acids is 1. The zero-order chi connectivity index (χ0) is 21.5. The lowest BCUT2D eigenvalue weighted by atomic mass is 9.96. The van der Waals surface area contributed by atoms with E-state index in [2.05, 4.69) is 20.7 Å². The van der Waals surface area contributed by atoms with Crippen LogP contribution in [0.3, 0.4) is 0 Å². The number of aryl methyl sites for hydroxylation is 1. The Bertz CT molecular complexity index is 1080. The number of nitrogens with one attached hydrogen (secondary N) is 2. The smallest absolute Gasteiger partial charge is 0.363 e. The van der Waals surface area contributed by atoms with E-state index in [-0.39, 0.29) is 28.8 Å². The van der Waals surface area contributed by atoms with E-state index in [1.54, 1.807) is 18.2 Å². The molecule has 10 heteroatoms. The summed E-state index contributed by atoms with van der Waals surface area (Å²) in [7, 11) is 0. The number of pyridine rings is 1. The molecule has 1 aliphatic rings. The maximum absolute atomic E-state index is 13.8. The lowest BCUT2D eigenvalue weighted by molar-refractivity contribution is -0.173. The number of fused-ring (bicyclic) bond motifs is 1. The Kier molecular flexibility index (Phi) is 5.15. The van der Waals surface area contributed by atoms with Crippen LogP contribution in [0.2, 0.25) is 5.15 Å². The van der Waals surface area contributed by atoms with E-state index in [4.69, 9.17) is 11.6 Å². The fourth-order valence-corrected chi connectivity index (χ4v) is 3.53. The first-order valence-electron chi connectivity index (χ1n) is 9.13. The van der Waals surface area contributed by atoms with Gasteiger partial charge in [0.1, 0.15) is 5.82 Å². The number of benzene rings is 1. The molecule has 4 rings (SSSR count). The monoisotopic (exact) mass is 435 g/mol. The first-order chi connectivity index (χ1) is 14.2. The zero-order valence-electron chi connectivity index (χ0n) is 15.7. The van der Waals surface area contributed by atoms with Gasteiger partial charge in [0.05, 0.1) is 11.7 Å². The molecule has 0 spiro atoms. The number of carbonyl (C=O) groups is 1. The van der Waals surface area contributed by atoms with Crippen molar-refractivity contribution in [1.29, 1.82) is 0 Å². The van der Waals surface area contributed by atoms with Crippen LogP contribution in [-0.2, 0) is 0 Å². The molecule has 2 N–H and O–H groups in total. The van der Waals surface area contributed by atoms with Gasteiger partial charge in [-0.3, -0.25) is 4.79 Å². The molecule has 1 aliphatic heterocycles. The summed E-state index contributed by atoms with van der Waals surface area (Å²) in [5.74, 6) is -0.557. The summed E-state index contributed by atoms with van der Waals surface area (Å²) >= 11 is 5.93. The van der Waals surface area contributed by atoms with Crippen LogP contribution in [0, 0.1) is 6.92 Å². The van der Waals surface area contributed by atoms with Gasteiger partial charge in [0.15, 0.2) is 16.9 Å². The summed E-state index contributed by atoms with van der Waals surface area (Å²) < 4.78 is 42.1. The lowest BCUT2D eigenvalue weighted by Crippen LogP contribution is -2.35. The molecule has 3 aromatic rings. The highest BCUT2D eigenvalue weighted by molar-refractivity contribution is 6.32. The number of anilines is 2. The zero-order valence-corrected chi connectivity index (χ0v) is 16.5. The molecule has 6 nitrogen and oxygen atoms in total. The van der Waals surface area contributed by atoms with Gasteiger partial charge in [0.2, 0.25) is 0 Å². The van der Waals surface area contributed by atoms with E-state index >= 15 is 0 Å². The summed E-state index contributed by atoms with van der Waals surface area (Å²) in [5, 5.41) is 9.58.